The van der Waals surface area contributed by atoms with Gasteiger partial charge in [-0.1, -0.05) is 11.8 Å². The Kier molecular flexibility index (Phi) is 5.97. The van der Waals surface area contributed by atoms with E-state index in [1.807, 2.05) is 0 Å². The highest BCUT2D eigenvalue weighted by Crippen LogP contribution is 2.31. The molecule has 0 saturated carbocycles. The quantitative estimate of drug-likeness (QED) is 0.872. The molecule has 2 atom stereocenters. The number of aliphatic hydroxyl groups is 2. The van der Waals surface area contributed by atoms with Gasteiger partial charge in [-0.3, -0.25) is 9.78 Å². The number of halogens is 3. The van der Waals surface area contributed by atoms with Gasteiger partial charge < -0.3 is 10.2 Å². The minimum Gasteiger partial charge on any atom is -0.390 e. The number of pyridine rings is 1. The van der Waals surface area contributed by atoms with Crippen LogP contribution in [0.3, 0.4) is 0 Å². The zero-order chi connectivity index (χ0) is 15.3. The summed E-state index contributed by atoms with van der Waals surface area (Å²) >= 11 is 0.974. The Balaban J connectivity index is 2.71. The Bertz CT molecular complexity index is 468. The standard InChI is InChI=1S/C12H14F3NO3S/c1-7(17)20-3-2-10(18)11(19)8-4-9(6-16-5-8)12(13,14)15/h4-6,10-11,18-19H,2-3H2,1H3. The van der Waals surface area contributed by atoms with Crippen molar-refractivity contribution in [3.05, 3.63) is 29.6 Å². The summed E-state index contributed by atoms with van der Waals surface area (Å²) in [7, 11) is 0. The van der Waals surface area contributed by atoms with Crippen molar-refractivity contribution in [2.75, 3.05) is 5.75 Å². The van der Waals surface area contributed by atoms with Gasteiger partial charge in [0.15, 0.2) is 5.12 Å². The van der Waals surface area contributed by atoms with E-state index in [0.29, 0.717) is 6.20 Å². The zero-order valence-corrected chi connectivity index (χ0v) is 11.4. The summed E-state index contributed by atoms with van der Waals surface area (Å²) in [5.74, 6) is 0.278. The Morgan fingerprint density at radius 1 is 1.40 bits per heavy atom. The first-order valence-electron chi connectivity index (χ1n) is 5.73. The fourth-order valence-electron chi connectivity index (χ4n) is 1.48. The maximum atomic E-state index is 12.5. The molecule has 1 rings (SSSR count). The molecule has 0 aliphatic rings. The van der Waals surface area contributed by atoms with Crippen LogP contribution in [0.2, 0.25) is 0 Å². The van der Waals surface area contributed by atoms with Crippen molar-refractivity contribution in [3.63, 3.8) is 0 Å². The molecule has 0 spiro atoms. The molecular weight excluding hydrogens is 295 g/mol. The van der Waals surface area contributed by atoms with Gasteiger partial charge in [-0.15, -0.1) is 0 Å². The number of carbonyl (C=O) groups is 1. The molecule has 20 heavy (non-hydrogen) atoms. The molecule has 0 bridgehead atoms. The molecule has 0 saturated heterocycles. The molecule has 0 amide bonds. The van der Waals surface area contributed by atoms with Crippen LogP contribution < -0.4 is 0 Å². The van der Waals surface area contributed by atoms with E-state index in [0.717, 1.165) is 24.0 Å². The number of nitrogens with zero attached hydrogens (tertiary/aromatic N) is 1. The third-order valence-electron chi connectivity index (χ3n) is 2.51. The van der Waals surface area contributed by atoms with Gasteiger partial charge >= 0.3 is 6.18 Å². The van der Waals surface area contributed by atoms with Gasteiger partial charge in [-0.25, -0.2) is 0 Å². The predicted octanol–water partition coefficient (Wildman–Crippen LogP) is 2.16. The van der Waals surface area contributed by atoms with Crippen LogP contribution in [0.15, 0.2) is 18.5 Å². The second-order valence-corrected chi connectivity index (χ2v) is 5.42. The van der Waals surface area contributed by atoms with Crippen LogP contribution in [-0.2, 0) is 11.0 Å². The summed E-state index contributed by atoms with van der Waals surface area (Å²) in [6, 6.07) is 0.749. The lowest BCUT2D eigenvalue weighted by Gasteiger charge is -2.18. The van der Waals surface area contributed by atoms with E-state index in [4.69, 9.17) is 0 Å². The maximum absolute atomic E-state index is 12.5. The molecule has 0 fully saturated rings. The molecule has 0 aliphatic carbocycles. The van der Waals surface area contributed by atoms with Crippen molar-refractivity contribution in [1.82, 2.24) is 4.98 Å². The smallest absolute Gasteiger partial charge is 0.390 e. The van der Waals surface area contributed by atoms with Crippen molar-refractivity contribution >= 4 is 16.9 Å². The lowest BCUT2D eigenvalue weighted by molar-refractivity contribution is -0.138. The topological polar surface area (TPSA) is 70.4 Å². The summed E-state index contributed by atoms with van der Waals surface area (Å²) in [5.41, 5.74) is -1.10. The highest BCUT2D eigenvalue weighted by molar-refractivity contribution is 8.13. The number of carbonyl (C=O) groups excluding carboxylic acids is 1. The summed E-state index contributed by atoms with van der Waals surface area (Å²) in [6.07, 6.45) is -5.49. The van der Waals surface area contributed by atoms with Crippen LogP contribution in [0.1, 0.15) is 30.6 Å². The molecule has 0 radical (unpaired) electrons. The molecule has 1 heterocycles. The van der Waals surface area contributed by atoms with Crippen LogP contribution in [0.25, 0.3) is 0 Å². The number of hydrogen-bond acceptors (Lipinski definition) is 5. The Morgan fingerprint density at radius 2 is 2.05 bits per heavy atom. The van der Waals surface area contributed by atoms with Crippen molar-refractivity contribution in [2.24, 2.45) is 0 Å². The zero-order valence-electron chi connectivity index (χ0n) is 10.6. The monoisotopic (exact) mass is 309 g/mol. The second kappa shape index (κ2) is 7.05. The number of aliphatic hydroxyl groups excluding tert-OH is 2. The molecule has 0 aliphatic heterocycles. The van der Waals surface area contributed by atoms with Gasteiger partial charge in [-0.2, -0.15) is 13.2 Å². The minimum absolute atomic E-state index is 0.0850. The third-order valence-corrected chi connectivity index (χ3v) is 3.36. The highest BCUT2D eigenvalue weighted by Gasteiger charge is 2.32. The maximum Gasteiger partial charge on any atom is 0.417 e. The van der Waals surface area contributed by atoms with Gasteiger partial charge in [0.25, 0.3) is 0 Å². The summed E-state index contributed by atoms with van der Waals surface area (Å²) in [6.45, 7) is 1.37. The van der Waals surface area contributed by atoms with Crippen LogP contribution in [0.5, 0.6) is 0 Å². The normalized spacial score (nSPS) is 14.9. The number of thioether (sulfide) groups is 1. The minimum atomic E-state index is -4.56. The van der Waals surface area contributed by atoms with E-state index in [9.17, 15) is 28.2 Å². The Hall–Kier alpha value is -1.12. The van der Waals surface area contributed by atoms with E-state index in [2.05, 4.69) is 4.98 Å². The molecule has 2 unspecified atom stereocenters. The molecule has 112 valence electrons. The summed E-state index contributed by atoms with van der Waals surface area (Å²) < 4.78 is 37.5. The fraction of sp³-hybridized carbons (Fsp3) is 0.500. The van der Waals surface area contributed by atoms with Crippen molar-refractivity contribution in [2.45, 2.75) is 31.7 Å². The average molecular weight is 309 g/mol. The molecule has 0 aromatic carbocycles. The number of rotatable bonds is 5. The summed E-state index contributed by atoms with van der Waals surface area (Å²) in [5, 5.41) is 19.4. The Labute approximate surface area is 118 Å². The molecular formula is C12H14F3NO3S. The first-order valence-corrected chi connectivity index (χ1v) is 6.72. The van der Waals surface area contributed by atoms with E-state index >= 15 is 0 Å². The van der Waals surface area contributed by atoms with Gasteiger partial charge in [0, 0.05) is 30.6 Å². The fourth-order valence-corrected chi connectivity index (χ4v) is 2.12. The van der Waals surface area contributed by atoms with E-state index < -0.39 is 23.9 Å². The first kappa shape index (κ1) is 16.9. The van der Waals surface area contributed by atoms with Crippen LogP contribution in [0, 0.1) is 0 Å². The van der Waals surface area contributed by atoms with E-state index in [1.165, 1.54) is 6.92 Å². The number of hydrogen-bond donors (Lipinski definition) is 2. The van der Waals surface area contributed by atoms with Gasteiger partial charge in [0.2, 0.25) is 0 Å². The Morgan fingerprint density at radius 3 is 2.60 bits per heavy atom. The largest absolute Gasteiger partial charge is 0.417 e. The van der Waals surface area contributed by atoms with Crippen LogP contribution >= 0.6 is 11.8 Å². The van der Waals surface area contributed by atoms with Gasteiger partial charge in [0.1, 0.15) is 6.10 Å². The van der Waals surface area contributed by atoms with Crippen molar-refractivity contribution in [1.29, 1.82) is 0 Å². The third kappa shape index (κ3) is 5.10. The van der Waals surface area contributed by atoms with Crippen LogP contribution in [0.4, 0.5) is 13.2 Å². The SMILES string of the molecule is CC(=O)SCCC(O)C(O)c1cncc(C(F)(F)F)c1. The van der Waals surface area contributed by atoms with E-state index in [-0.39, 0.29) is 22.9 Å². The average Bonchev–Trinajstić information content (AvgIpc) is 2.36. The highest BCUT2D eigenvalue weighted by atomic mass is 32.2. The lowest BCUT2D eigenvalue weighted by atomic mass is 10.0. The van der Waals surface area contributed by atoms with Gasteiger partial charge in [-0.05, 0) is 12.5 Å². The van der Waals surface area contributed by atoms with Gasteiger partial charge in [0.05, 0.1) is 11.7 Å². The lowest BCUT2D eigenvalue weighted by Crippen LogP contribution is -2.20. The molecule has 1 aromatic rings. The number of alkyl halides is 3. The van der Waals surface area contributed by atoms with E-state index in [1.54, 1.807) is 0 Å². The van der Waals surface area contributed by atoms with Crippen molar-refractivity contribution < 1.29 is 28.2 Å². The second-order valence-electron chi connectivity index (χ2n) is 4.15. The van der Waals surface area contributed by atoms with Crippen LogP contribution in [-0.4, -0.2) is 32.2 Å². The summed E-state index contributed by atoms with van der Waals surface area (Å²) in [4.78, 5) is 14.1. The first-order chi connectivity index (χ1) is 9.21. The predicted molar refractivity (Wildman–Crippen MR) is 68.0 cm³/mol. The van der Waals surface area contributed by atoms with Crippen molar-refractivity contribution in [3.8, 4) is 0 Å². The number of aromatic nitrogens is 1. The molecule has 1 aromatic heterocycles. The molecule has 4 nitrogen and oxygen atoms in total. The molecule has 8 heteroatoms. The molecule has 2 N–H and O–H groups in total.